The van der Waals surface area contributed by atoms with Crippen molar-refractivity contribution in [1.82, 2.24) is 15.0 Å². The van der Waals surface area contributed by atoms with Crippen molar-refractivity contribution in [1.29, 1.82) is 0 Å². The molecule has 1 aromatic heterocycles. The molecule has 0 radical (unpaired) electrons. The quantitative estimate of drug-likeness (QED) is 0.575. The minimum Gasteiger partial charge on any atom is -0.508 e. The third-order valence-corrected chi connectivity index (χ3v) is 3.24. The van der Waals surface area contributed by atoms with Gasteiger partial charge < -0.3 is 25.2 Å². The van der Waals surface area contributed by atoms with Crippen LogP contribution in [0.2, 0.25) is 0 Å². The van der Waals surface area contributed by atoms with Crippen LogP contribution >= 0.6 is 0 Å². The van der Waals surface area contributed by atoms with E-state index in [4.69, 9.17) is 4.74 Å². The Balaban J connectivity index is 2.18. The van der Waals surface area contributed by atoms with Crippen LogP contribution in [0.1, 0.15) is 0 Å². The van der Waals surface area contributed by atoms with Crippen LogP contribution in [0.25, 0.3) is 22.8 Å². The summed E-state index contributed by atoms with van der Waals surface area (Å²) in [5.74, 6) is -0.445. The minimum atomic E-state index is -0.218. The molecule has 0 bridgehead atoms. The van der Waals surface area contributed by atoms with Crippen molar-refractivity contribution in [2.24, 2.45) is 0 Å². The van der Waals surface area contributed by atoms with Gasteiger partial charge in [0.15, 0.2) is 11.6 Å². The molecule has 0 atom stereocenters. The zero-order chi connectivity index (χ0) is 17.3. The van der Waals surface area contributed by atoms with E-state index in [-0.39, 0.29) is 51.8 Å². The highest BCUT2D eigenvalue weighted by atomic mass is 16.5. The molecule has 0 fully saturated rings. The molecule has 0 aliphatic carbocycles. The van der Waals surface area contributed by atoms with E-state index >= 15 is 0 Å². The van der Waals surface area contributed by atoms with E-state index in [0.29, 0.717) is 0 Å². The first kappa shape index (κ1) is 15.3. The SMILES string of the molecule is COc1nc(-c2ccc(O)cc2O)nc(-c2ccc(O)cc2O)n1. The van der Waals surface area contributed by atoms with Crippen LogP contribution in [0.3, 0.4) is 0 Å². The first-order valence-corrected chi connectivity index (χ1v) is 6.82. The average Bonchev–Trinajstić information content (AvgIpc) is 2.54. The molecule has 0 aliphatic heterocycles. The van der Waals surface area contributed by atoms with Gasteiger partial charge in [0, 0.05) is 12.1 Å². The first-order chi connectivity index (χ1) is 11.5. The van der Waals surface area contributed by atoms with Crippen molar-refractivity contribution >= 4 is 0 Å². The smallest absolute Gasteiger partial charge is 0.320 e. The van der Waals surface area contributed by atoms with Gasteiger partial charge in [-0.15, -0.1) is 0 Å². The lowest BCUT2D eigenvalue weighted by Gasteiger charge is -2.09. The number of methoxy groups -OCH3 is 1. The van der Waals surface area contributed by atoms with Gasteiger partial charge in [-0.3, -0.25) is 0 Å². The molecule has 0 amide bonds. The first-order valence-electron chi connectivity index (χ1n) is 6.82. The highest BCUT2D eigenvalue weighted by molar-refractivity contribution is 5.70. The maximum absolute atomic E-state index is 9.98. The predicted octanol–water partition coefficient (Wildman–Crippen LogP) is 2.04. The number of hydrogen-bond donors (Lipinski definition) is 4. The Morgan fingerprint density at radius 1 is 0.708 bits per heavy atom. The molecule has 0 spiro atoms. The van der Waals surface area contributed by atoms with Crippen molar-refractivity contribution in [3.05, 3.63) is 36.4 Å². The maximum Gasteiger partial charge on any atom is 0.320 e. The summed E-state index contributed by atoms with van der Waals surface area (Å²) in [6.45, 7) is 0. The number of ether oxygens (including phenoxy) is 1. The van der Waals surface area contributed by atoms with Gasteiger partial charge in [0.1, 0.15) is 23.0 Å². The molecule has 3 rings (SSSR count). The van der Waals surface area contributed by atoms with Crippen LogP contribution < -0.4 is 4.74 Å². The number of hydrogen-bond acceptors (Lipinski definition) is 8. The topological polar surface area (TPSA) is 129 Å². The van der Waals surface area contributed by atoms with Gasteiger partial charge in [-0.2, -0.15) is 9.97 Å². The molecule has 8 heteroatoms. The van der Waals surface area contributed by atoms with Crippen LogP contribution in [-0.2, 0) is 0 Å². The summed E-state index contributed by atoms with van der Waals surface area (Å²) >= 11 is 0. The Morgan fingerprint density at radius 3 is 1.54 bits per heavy atom. The lowest BCUT2D eigenvalue weighted by Crippen LogP contribution is -2.00. The van der Waals surface area contributed by atoms with E-state index in [1.165, 1.54) is 31.4 Å². The van der Waals surface area contributed by atoms with Gasteiger partial charge in [-0.1, -0.05) is 0 Å². The van der Waals surface area contributed by atoms with Gasteiger partial charge in [-0.25, -0.2) is 4.98 Å². The van der Waals surface area contributed by atoms with E-state index in [0.717, 1.165) is 12.1 Å². The molecule has 0 aliphatic rings. The fourth-order valence-corrected chi connectivity index (χ4v) is 2.11. The summed E-state index contributed by atoms with van der Waals surface area (Å²) in [6.07, 6.45) is 0. The lowest BCUT2D eigenvalue weighted by molar-refractivity contribution is 0.379. The highest BCUT2D eigenvalue weighted by Gasteiger charge is 2.16. The summed E-state index contributed by atoms with van der Waals surface area (Å²) in [7, 11) is 1.37. The van der Waals surface area contributed by atoms with Crippen molar-refractivity contribution in [2.75, 3.05) is 7.11 Å². The van der Waals surface area contributed by atoms with Crippen LogP contribution in [0.5, 0.6) is 29.0 Å². The van der Waals surface area contributed by atoms with Crippen LogP contribution in [0, 0.1) is 0 Å². The second kappa shape index (κ2) is 5.92. The molecule has 24 heavy (non-hydrogen) atoms. The molecular formula is C16H13N3O5. The summed E-state index contributed by atoms with van der Waals surface area (Å²) in [6, 6.07) is 7.94. The lowest BCUT2D eigenvalue weighted by atomic mass is 10.1. The van der Waals surface area contributed by atoms with Crippen molar-refractivity contribution in [3.8, 4) is 51.8 Å². The van der Waals surface area contributed by atoms with Crippen LogP contribution in [-0.4, -0.2) is 42.5 Å². The highest BCUT2D eigenvalue weighted by Crippen LogP contribution is 2.34. The summed E-state index contributed by atoms with van der Waals surface area (Å²) in [5.41, 5.74) is 0.515. The van der Waals surface area contributed by atoms with Crippen LogP contribution in [0.4, 0.5) is 0 Å². The molecule has 3 aromatic rings. The maximum atomic E-state index is 9.98. The number of phenols is 4. The van der Waals surface area contributed by atoms with Gasteiger partial charge in [0.2, 0.25) is 0 Å². The largest absolute Gasteiger partial charge is 0.508 e. The van der Waals surface area contributed by atoms with Crippen LogP contribution in [0.15, 0.2) is 36.4 Å². The van der Waals surface area contributed by atoms with E-state index in [9.17, 15) is 20.4 Å². The van der Waals surface area contributed by atoms with Crippen molar-refractivity contribution in [3.63, 3.8) is 0 Å². The van der Waals surface area contributed by atoms with E-state index in [1.54, 1.807) is 0 Å². The minimum absolute atomic E-state index is 0.0186. The third kappa shape index (κ3) is 2.84. The van der Waals surface area contributed by atoms with E-state index < -0.39 is 0 Å². The Kier molecular flexibility index (Phi) is 3.78. The molecule has 1 heterocycles. The second-order valence-electron chi connectivity index (χ2n) is 4.87. The third-order valence-electron chi connectivity index (χ3n) is 3.24. The van der Waals surface area contributed by atoms with E-state index in [2.05, 4.69) is 15.0 Å². The van der Waals surface area contributed by atoms with Gasteiger partial charge in [0.25, 0.3) is 0 Å². The van der Waals surface area contributed by atoms with Crippen molar-refractivity contribution in [2.45, 2.75) is 0 Å². The Labute approximate surface area is 136 Å². The number of rotatable bonds is 3. The predicted molar refractivity (Wildman–Crippen MR) is 83.9 cm³/mol. The molecule has 4 N–H and O–H groups in total. The Morgan fingerprint density at radius 2 is 1.17 bits per heavy atom. The second-order valence-corrected chi connectivity index (χ2v) is 4.87. The van der Waals surface area contributed by atoms with Gasteiger partial charge in [0.05, 0.1) is 18.2 Å². The fraction of sp³-hybridized carbons (Fsp3) is 0.0625. The molecular weight excluding hydrogens is 314 g/mol. The Bertz CT molecular complexity index is 844. The summed E-state index contributed by atoms with van der Waals surface area (Å²) < 4.78 is 5.04. The molecule has 122 valence electrons. The monoisotopic (exact) mass is 327 g/mol. The number of benzene rings is 2. The zero-order valence-corrected chi connectivity index (χ0v) is 12.5. The number of aromatic hydroxyl groups is 4. The zero-order valence-electron chi connectivity index (χ0n) is 12.5. The summed E-state index contributed by atoms with van der Waals surface area (Å²) in [5, 5.41) is 38.7. The van der Waals surface area contributed by atoms with Gasteiger partial charge >= 0.3 is 6.01 Å². The molecule has 0 saturated carbocycles. The molecule has 0 unspecified atom stereocenters. The van der Waals surface area contributed by atoms with E-state index in [1.807, 2.05) is 0 Å². The fourth-order valence-electron chi connectivity index (χ4n) is 2.11. The molecule has 0 saturated heterocycles. The number of nitrogens with zero attached hydrogens (tertiary/aromatic N) is 3. The number of phenolic OH excluding ortho intramolecular Hbond substituents is 4. The van der Waals surface area contributed by atoms with Gasteiger partial charge in [-0.05, 0) is 24.3 Å². The summed E-state index contributed by atoms with van der Waals surface area (Å²) in [4.78, 5) is 12.4. The van der Waals surface area contributed by atoms with Crippen molar-refractivity contribution < 1.29 is 25.2 Å². The Hall–Kier alpha value is -3.55. The molecule has 8 nitrogen and oxygen atoms in total. The standard InChI is InChI=1S/C16H13N3O5/c1-24-16-18-14(10-4-2-8(20)6-12(10)22)17-15(19-16)11-5-3-9(21)7-13(11)23/h2-7,20-23H,1H3. The normalized spacial score (nSPS) is 10.5. The molecule has 2 aromatic carbocycles. The number of aromatic nitrogens is 3. The average molecular weight is 327 g/mol.